The fourth-order valence-corrected chi connectivity index (χ4v) is 4.77. The van der Waals surface area contributed by atoms with Crippen LogP contribution in [-0.2, 0) is 26.1 Å². The Labute approximate surface area is 219 Å². The molecule has 1 atom stereocenters. The summed E-state index contributed by atoms with van der Waals surface area (Å²) in [4.78, 5) is 0. The Hall–Kier alpha value is -3.96. The molecule has 5 heteroatoms. The van der Waals surface area contributed by atoms with Crippen LogP contribution in [0.4, 0.5) is 0 Å². The second-order valence-corrected chi connectivity index (χ2v) is 9.20. The van der Waals surface area contributed by atoms with E-state index in [2.05, 4.69) is 53.8 Å². The molecule has 1 N–H and O–H groups in total. The third kappa shape index (κ3) is 6.07. The fourth-order valence-electron chi connectivity index (χ4n) is 4.77. The van der Waals surface area contributed by atoms with Crippen LogP contribution in [0, 0.1) is 0 Å². The summed E-state index contributed by atoms with van der Waals surface area (Å²) in [5.74, 6) is 3.03. The van der Waals surface area contributed by atoms with Crippen LogP contribution in [-0.4, -0.2) is 20.8 Å². The van der Waals surface area contributed by atoms with Crippen molar-refractivity contribution in [2.24, 2.45) is 0 Å². The van der Waals surface area contributed by atoms with E-state index in [1.54, 1.807) is 14.2 Å². The molecule has 37 heavy (non-hydrogen) atoms. The summed E-state index contributed by atoms with van der Waals surface area (Å²) in [5.41, 5.74) is 5.97. The lowest BCUT2D eigenvalue weighted by Crippen LogP contribution is -2.31. The zero-order valence-electron chi connectivity index (χ0n) is 21.4. The first kappa shape index (κ1) is 24.7. The van der Waals surface area contributed by atoms with Crippen molar-refractivity contribution in [1.82, 2.24) is 5.32 Å². The minimum absolute atomic E-state index is 0.163. The van der Waals surface area contributed by atoms with E-state index in [9.17, 15) is 0 Å². The van der Waals surface area contributed by atoms with Crippen LogP contribution in [0.15, 0.2) is 91.0 Å². The van der Waals surface area contributed by atoms with Gasteiger partial charge in [-0.05, 0) is 71.5 Å². The largest absolute Gasteiger partial charge is 0.493 e. The van der Waals surface area contributed by atoms with Gasteiger partial charge in [0.25, 0.3) is 0 Å². The van der Waals surface area contributed by atoms with Crippen LogP contribution >= 0.6 is 0 Å². The van der Waals surface area contributed by atoms with Crippen LogP contribution < -0.4 is 24.3 Å². The fraction of sp³-hybridized carbons (Fsp3) is 0.250. The molecule has 1 unspecified atom stereocenters. The lowest BCUT2D eigenvalue weighted by molar-refractivity contribution is 0.283. The zero-order chi connectivity index (χ0) is 25.5. The minimum Gasteiger partial charge on any atom is -0.493 e. The highest BCUT2D eigenvalue weighted by atomic mass is 16.5. The van der Waals surface area contributed by atoms with Gasteiger partial charge in [0, 0.05) is 6.04 Å². The van der Waals surface area contributed by atoms with E-state index in [1.165, 1.54) is 16.7 Å². The van der Waals surface area contributed by atoms with Crippen LogP contribution in [0.1, 0.15) is 33.9 Å². The average Bonchev–Trinajstić information content (AvgIpc) is 2.96. The van der Waals surface area contributed by atoms with E-state index < -0.39 is 0 Å². The normalized spacial score (nSPS) is 14.5. The molecule has 0 aromatic heterocycles. The summed E-state index contributed by atoms with van der Waals surface area (Å²) in [6.45, 7) is 1.92. The molecule has 5 nitrogen and oxygen atoms in total. The highest BCUT2D eigenvalue weighted by molar-refractivity contribution is 5.50. The number of benzene rings is 4. The number of hydrogen-bond donors (Lipinski definition) is 1. The van der Waals surface area contributed by atoms with Gasteiger partial charge in [-0.1, -0.05) is 66.7 Å². The summed E-state index contributed by atoms with van der Waals surface area (Å²) in [6, 6.07) is 31.0. The molecule has 0 amide bonds. The maximum Gasteiger partial charge on any atom is 0.161 e. The molecule has 0 fully saturated rings. The van der Waals surface area contributed by atoms with Gasteiger partial charge in [0.2, 0.25) is 0 Å². The smallest absolute Gasteiger partial charge is 0.161 e. The topological polar surface area (TPSA) is 49.0 Å². The van der Waals surface area contributed by atoms with Gasteiger partial charge in [-0.15, -0.1) is 0 Å². The Kier molecular flexibility index (Phi) is 7.92. The van der Waals surface area contributed by atoms with E-state index >= 15 is 0 Å². The van der Waals surface area contributed by atoms with Crippen molar-refractivity contribution in [1.29, 1.82) is 0 Å². The summed E-state index contributed by atoms with van der Waals surface area (Å²) < 4.78 is 23.6. The first-order valence-electron chi connectivity index (χ1n) is 12.7. The van der Waals surface area contributed by atoms with E-state index in [1.807, 2.05) is 42.5 Å². The standard InChI is InChI=1S/C32H33NO4/c1-34-29-14-13-25(18-31(29)36-21-23-9-5-3-6-10-23)17-28-27-20-30(35-2)32(19-26(27)15-16-33-28)37-22-24-11-7-4-8-12-24/h3-14,18-20,28,33H,15-17,21-22H2,1-2H3. The van der Waals surface area contributed by atoms with Gasteiger partial charge in [0.15, 0.2) is 23.0 Å². The van der Waals surface area contributed by atoms with Gasteiger partial charge in [-0.2, -0.15) is 0 Å². The Morgan fingerprint density at radius 3 is 1.89 bits per heavy atom. The Morgan fingerprint density at radius 1 is 0.649 bits per heavy atom. The molecule has 4 aromatic rings. The molecule has 0 aliphatic carbocycles. The molecule has 1 aliphatic rings. The van der Waals surface area contributed by atoms with E-state index in [4.69, 9.17) is 18.9 Å². The third-order valence-electron chi connectivity index (χ3n) is 6.73. The van der Waals surface area contributed by atoms with Crippen LogP contribution in [0.3, 0.4) is 0 Å². The van der Waals surface area contributed by atoms with E-state index in [-0.39, 0.29) is 6.04 Å². The lowest BCUT2D eigenvalue weighted by atomic mass is 9.89. The Morgan fingerprint density at radius 2 is 1.27 bits per heavy atom. The van der Waals surface area contributed by atoms with Gasteiger partial charge in [0.05, 0.1) is 14.2 Å². The average molecular weight is 496 g/mol. The van der Waals surface area contributed by atoms with Crippen LogP contribution in [0.5, 0.6) is 23.0 Å². The molecular formula is C32H33NO4. The summed E-state index contributed by atoms with van der Waals surface area (Å²) in [6.07, 6.45) is 1.78. The molecule has 4 aromatic carbocycles. The van der Waals surface area contributed by atoms with Gasteiger partial charge in [0.1, 0.15) is 13.2 Å². The molecule has 0 spiro atoms. The zero-order valence-corrected chi connectivity index (χ0v) is 21.4. The molecular weight excluding hydrogens is 462 g/mol. The number of fused-ring (bicyclic) bond motifs is 1. The van der Waals surface area contributed by atoms with Crippen LogP contribution in [0.25, 0.3) is 0 Å². The van der Waals surface area contributed by atoms with Crippen molar-refractivity contribution < 1.29 is 18.9 Å². The van der Waals surface area contributed by atoms with Gasteiger partial charge in [-0.25, -0.2) is 0 Å². The van der Waals surface area contributed by atoms with Gasteiger partial charge >= 0.3 is 0 Å². The number of rotatable bonds is 10. The molecule has 1 heterocycles. The van der Waals surface area contributed by atoms with Crippen molar-refractivity contribution in [3.8, 4) is 23.0 Å². The van der Waals surface area contributed by atoms with Crippen molar-refractivity contribution in [3.05, 3.63) is 119 Å². The Bertz CT molecular complexity index is 1310. The molecule has 0 saturated carbocycles. The number of ether oxygens (including phenoxy) is 4. The molecule has 0 saturated heterocycles. The van der Waals surface area contributed by atoms with Crippen LogP contribution in [0.2, 0.25) is 0 Å². The SMILES string of the molecule is COc1ccc(CC2NCCc3cc(OCc4ccccc4)c(OC)cc32)cc1OCc1ccccc1. The number of nitrogens with one attached hydrogen (secondary N) is 1. The third-order valence-corrected chi connectivity index (χ3v) is 6.73. The molecule has 1 aliphatic heterocycles. The molecule has 0 bridgehead atoms. The second kappa shape index (κ2) is 11.8. The summed E-state index contributed by atoms with van der Waals surface area (Å²) >= 11 is 0. The van der Waals surface area contributed by atoms with E-state index in [0.29, 0.717) is 13.2 Å². The maximum absolute atomic E-state index is 6.16. The highest BCUT2D eigenvalue weighted by Crippen LogP contribution is 2.38. The second-order valence-electron chi connectivity index (χ2n) is 9.20. The quantitative estimate of drug-likeness (QED) is 0.280. The summed E-state index contributed by atoms with van der Waals surface area (Å²) in [5, 5.41) is 3.69. The van der Waals surface area contributed by atoms with Crippen molar-refractivity contribution in [3.63, 3.8) is 0 Å². The highest BCUT2D eigenvalue weighted by Gasteiger charge is 2.23. The molecule has 5 rings (SSSR count). The number of methoxy groups -OCH3 is 2. The van der Waals surface area contributed by atoms with Gasteiger partial charge < -0.3 is 24.3 Å². The molecule has 0 radical (unpaired) electrons. The van der Waals surface area contributed by atoms with Gasteiger partial charge in [-0.3, -0.25) is 0 Å². The predicted octanol–water partition coefficient (Wildman–Crippen LogP) is 6.29. The van der Waals surface area contributed by atoms with Crippen molar-refractivity contribution in [2.75, 3.05) is 20.8 Å². The summed E-state index contributed by atoms with van der Waals surface area (Å²) in [7, 11) is 3.37. The predicted molar refractivity (Wildman–Crippen MR) is 146 cm³/mol. The first-order valence-corrected chi connectivity index (χ1v) is 12.7. The molecule has 190 valence electrons. The monoisotopic (exact) mass is 495 g/mol. The number of hydrogen-bond acceptors (Lipinski definition) is 5. The minimum atomic E-state index is 0.163. The Balaban J connectivity index is 1.34. The van der Waals surface area contributed by atoms with Crippen molar-refractivity contribution in [2.45, 2.75) is 32.1 Å². The van der Waals surface area contributed by atoms with E-state index in [0.717, 1.165) is 53.5 Å². The first-order chi connectivity index (χ1) is 18.2. The van der Waals surface area contributed by atoms with Crippen molar-refractivity contribution >= 4 is 0 Å². The lowest BCUT2D eigenvalue weighted by Gasteiger charge is -2.28. The maximum atomic E-state index is 6.16.